The van der Waals surface area contributed by atoms with Crippen LogP contribution >= 0.6 is 0 Å². The van der Waals surface area contributed by atoms with Gasteiger partial charge in [0.05, 0.1) is 12.2 Å². The third-order valence-electron chi connectivity index (χ3n) is 7.11. The van der Waals surface area contributed by atoms with Gasteiger partial charge in [0.15, 0.2) is 6.10 Å². The van der Waals surface area contributed by atoms with Gasteiger partial charge in [0.2, 0.25) is 0 Å². The molecule has 4 aromatic carbocycles. The number of carbonyl (C=O) groups excluding carboxylic acids is 1. The topological polar surface area (TPSA) is 56.8 Å². The highest BCUT2D eigenvalue weighted by atomic mass is 19.1. The van der Waals surface area contributed by atoms with Crippen LogP contribution in [0.15, 0.2) is 97.1 Å². The molecule has 0 spiro atoms. The van der Waals surface area contributed by atoms with Crippen LogP contribution in [0.2, 0.25) is 0 Å². The summed E-state index contributed by atoms with van der Waals surface area (Å²) in [5, 5.41) is 3.49. The fourth-order valence-corrected chi connectivity index (χ4v) is 4.85. The van der Waals surface area contributed by atoms with Crippen molar-refractivity contribution in [2.24, 2.45) is 0 Å². The van der Waals surface area contributed by atoms with Crippen molar-refractivity contribution < 1.29 is 23.4 Å². The van der Waals surface area contributed by atoms with Gasteiger partial charge in [0.25, 0.3) is 0 Å². The molecule has 2 unspecified atom stereocenters. The average Bonchev–Trinajstić information content (AvgIpc) is 2.95. The van der Waals surface area contributed by atoms with Crippen LogP contribution in [0.1, 0.15) is 52.6 Å². The van der Waals surface area contributed by atoms with Crippen molar-refractivity contribution in [1.29, 1.82) is 0 Å². The number of ether oxygens (including phenoxy) is 3. The van der Waals surface area contributed by atoms with Crippen LogP contribution in [-0.2, 0) is 22.4 Å². The summed E-state index contributed by atoms with van der Waals surface area (Å²) in [5.41, 5.74) is 4.64. The molecule has 2 atom stereocenters. The van der Waals surface area contributed by atoms with Crippen molar-refractivity contribution in [2.45, 2.75) is 51.5 Å². The van der Waals surface area contributed by atoms with E-state index in [9.17, 15) is 9.18 Å². The lowest BCUT2D eigenvalue weighted by molar-refractivity contribution is -0.139. The molecule has 0 radical (unpaired) electrons. The Balaban J connectivity index is 1.41. The standard InChI is InChI=1S/C34H34FNO4/c1-23-9-11-25(12-10-23)22-36-28-17-18-30-29(21-28)31(38-20-19-24-7-5-4-6-8-24)32(34(2,3)40-30)39-33(37)26-13-15-27(35)16-14-26/h4-18,21,31-32,36H,19-20,22H2,1-3H3. The fraction of sp³-hybridized carbons (Fsp3) is 0.265. The molecule has 1 aliphatic heterocycles. The second-order valence-corrected chi connectivity index (χ2v) is 10.7. The van der Waals surface area contributed by atoms with Crippen molar-refractivity contribution in [3.8, 4) is 5.75 Å². The smallest absolute Gasteiger partial charge is 0.338 e. The van der Waals surface area contributed by atoms with Gasteiger partial charge in [-0.25, -0.2) is 9.18 Å². The van der Waals surface area contributed by atoms with Gasteiger partial charge in [-0.2, -0.15) is 0 Å². The van der Waals surface area contributed by atoms with Crippen LogP contribution in [0.5, 0.6) is 5.75 Å². The molecule has 206 valence electrons. The van der Waals surface area contributed by atoms with Crippen LogP contribution in [0.4, 0.5) is 10.1 Å². The number of hydrogen-bond acceptors (Lipinski definition) is 5. The van der Waals surface area contributed by atoms with E-state index in [1.807, 2.05) is 50.2 Å². The number of esters is 1. The number of nitrogens with one attached hydrogen (secondary N) is 1. The Morgan fingerprint density at radius 1 is 0.925 bits per heavy atom. The first-order valence-electron chi connectivity index (χ1n) is 13.5. The van der Waals surface area contributed by atoms with E-state index in [1.54, 1.807) is 0 Å². The van der Waals surface area contributed by atoms with Gasteiger partial charge in [0, 0.05) is 17.8 Å². The molecule has 1 aliphatic rings. The molecule has 40 heavy (non-hydrogen) atoms. The number of aryl methyl sites for hydroxylation is 1. The maximum atomic E-state index is 13.5. The molecule has 0 aromatic heterocycles. The maximum Gasteiger partial charge on any atom is 0.338 e. The van der Waals surface area contributed by atoms with Crippen LogP contribution in [0.3, 0.4) is 0 Å². The van der Waals surface area contributed by atoms with Gasteiger partial charge in [-0.15, -0.1) is 0 Å². The third-order valence-corrected chi connectivity index (χ3v) is 7.11. The van der Waals surface area contributed by atoms with E-state index < -0.39 is 29.6 Å². The van der Waals surface area contributed by atoms with Crippen LogP contribution in [0.25, 0.3) is 0 Å². The maximum absolute atomic E-state index is 13.5. The number of benzene rings is 4. The zero-order chi connectivity index (χ0) is 28.1. The minimum atomic E-state index is -0.878. The largest absolute Gasteiger partial charge is 0.483 e. The van der Waals surface area contributed by atoms with E-state index in [1.165, 1.54) is 35.4 Å². The molecule has 0 saturated heterocycles. The van der Waals surface area contributed by atoms with E-state index in [0.717, 1.165) is 16.8 Å². The number of carbonyl (C=O) groups is 1. The minimum absolute atomic E-state index is 0.263. The lowest BCUT2D eigenvalue weighted by Gasteiger charge is -2.43. The molecule has 0 amide bonds. The Bertz CT molecular complexity index is 1440. The second-order valence-electron chi connectivity index (χ2n) is 10.7. The zero-order valence-corrected chi connectivity index (χ0v) is 23.0. The minimum Gasteiger partial charge on any atom is -0.483 e. The van der Waals surface area contributed by atoms with E-state index in [0.29, 0.717) is 25.3 Å². The highest BCUT2D eigenvalue weighted by Gasteiger charge is 2.47. The first kappa shape index (κ1) is 27.4. The molecular weight excluding hydrogens is 505 g/mol. The molecule has 1 N–H and O–H groups in total. The Morgan fingerprint density at radius 2 is 1.65 bits per heavy atom. The Kier molecular flexibility index (Phi) is 8.17. The molecule has 4 aromatic rings. The highest BCUT2D eigenvalue weighted by molar-refractivity contribution is 5.89. The van der Waals surface area contributed by atoms with Gasteiger partial charge in [-0.1, -0.05) is 60.2 Å². The monoisotopic (exact) mass is 539 g/mol. The predicted molar refractivity (Wildman–Crippen MR) is 154 cm³/mol. The molecule has 0 fully saturated rings. The van der Waals surface area contributed by atoms with Gasteiger partial charge >= 0.3 is 5.97 Å². The van der Waals surface area contributed by atoms with Gasteiger partial charge < -0.3 is 19.5 Å². The fourth-order valence-electron chi connectivity index (χ4n) is 4.85. The number of hydrogen-bond donors (Lipinski definition) is 1. The summed E-state index contributed by atoms with van der Waals surface area (Å²) in [4.78, 5) is 13.1. The third kappa shape index (κ3) is 6.52. The van der Waals surface area contributed by atoms with Crippen molar-refractivity contribution in [3.63, 3.8) is 0 Å². The van der Waals surface area contributed by atoms with E-state index in [-0.39, 0.29) is 5.56 Å². The molecule has 0 saturated carbocycles. The first-order chi connectivity index (χ1) is 19.3. The quantitative estimate of drug-likeness (QED) is 0.224. The highest BCUT2D eigenvalue weighted by Crippen LogP contribution is 2.44. The zero-order valence-electron chi connectivity index (χ0n) is 23.0. The lowest BCUT2D eigenvalue weighted by Crippen LogP contribution is -2.51. The summed E-state index contributed by atoms with van der Waals surface area (Å²) in [6.07, 6.45) is -0.619. The summed E-state index contributed by atoms with van der Waals surface area (Å²) >= 11 is 0. The normalized spacial score (nSPS) is 17.4. The Hall–Kier alpha value is -4.16. The Morgan fingerprint density at radius 3 is 2.38 bits per heavy atom. The molecular formula is C34H34FNO4. The molecule has 5 nitrogen and oxygen atoms in total. The lowest BCUT2D eigenvalue weighted by atomic mass is 9.87. The summed E-state index contributed by atoms with van der Waals surface area (Å²) < 4.78 is 32.4. The van der Waals surface area contributed by atoms with Crippen LogP contribution in [0, 0.1) is 12.7 Å². The second kappa shape index (κ2) is 11.9. The van der Waals surface area contributed by atoms with Crippen molar-refractivity contribution in [1.82, 2.24) is 0 Å². The van der Waals surface area contributed by atoms with E-state index in [4.69, 9.17) is 14.2 Å². The number of fused-ring (bicyclic) bond motifs is 1. The van der Waals surface area contributed by atoms with Crippen molar-refractivity contribution in [2.75, 3.05) is 11.9 Å². The Labute approximate surface area is 234 Å². The summed E-state index contributed by atoms with van der Waals surface area (Å²) in [6, 6.07) is 29.7. The average molecular weight is 540 g/mol. The summed E-state index contributed by atoms with van der Waals surface area (Å²) in [5.74, 6) is -0.292. The van der Waals surface area contributed by atoms with Crippen LogP contribution < -0.4 is 10.1 Å². The number of halogens is 1. The van der Waals surface area contributed by atoms with E-state index in [2.05, 4.69) is 48.6 Å². The predicted octanol–water partition coefficient (Wildman–Crippen LogP) is 7.44. The SMILES string of the molecule is Cc1ccc(CNc2ccc3c(c2)C(OCCc2ccccc2)C(OC(=O)c2ccc(F)cc2)C(C)(C)O3)cc1. The van der Waals surface area contributed by atoms with E-state index >= 15 is 0 Å². The van der Waals surface area contributed by atoms with Gasteiger partial charge in [-0.05, 0) is 80.8 Å². The molecule has 0 aliphatic carbocycles. The van der Waals surface area contributed by atoms with Crippen molar-refractivity contribution in [3.05, 3.63) is 131 Å². The van der Waals surface area contributed by atoms with Gasteiger partial charge in [-0.3, -0.25) is 0 Å². The molecule has 0 bridgehead atoms. The first-order valence-corrected chi connectivity index (χ1v) is 13.5. The summed E-state index contributed by atoms with van der Waals surface area (Å²) in [7, 11) is 0. The molecule has 1 heterocycles. The molecule has 5 rings (SSSR count). The summed E-state index contributed by atoms with van der Waals surface area (Å²) in [6.45, 7) is 6.93. The number of anilines is 1. The van der Waals surface area contributed by atoms with Gasteiger partial charge in [0.1, 0.15) is 23.3 Å². The van der Waals surface area contributed by atoms with Crippen molar-refractivity contribution >= 4 is 11.7 Å². The molecule has 6 heteroatoms. The van der Waals surface area contributed by atoms with Crippen LogP contribution in [-0.4, -0.2) is 24.3 Å². The number of rotatable bonds is 9.